The third-order valence-electron chi connectivity index (χ3n) is 4.95. The molecule has 0 aromatic heterocycles. The van der Waals surface area contributed by atoms with E-state index in [1.54, 1.807) is 11.0 Å². The molecule has 1 aromatic rings. The standard InChI is InChI=1S/C17H15NO.C6H15N.C4H8O/c1-3-4-7-16-12-18(13-19)17-9-6-5-8-15(17)11-10-14(16)2;1-5-6(2,3)7-4;1-2-3-4-5/h3-9,13H,1,12H2,2H3;7H,5H2,1-4H3;4H,2-3H2,1H3/b7-4-,16-14-;;. The van der Waals surface area contributed by atoms with Crippen molar-refractivity contribution in [2.24, 2.45) is 0 Å². The molecule has 168 valence electrons. The molecule has 0 unspecified atom stereocenters. The molecule has 0 atom stereocenters. The molecular formula is C27H38N2O2. The van der Waals surface area contributed by atoms with Crippen LogP contribution in [0, 0.1) is 11.8 Å². The Bertz CT molecular complexity index is 817. The second-order valence-electron chi connectivity index (χ2n) is 7.69. The zero-order valence-electron chi connectivity index (χ0n) is 20.0. The first-order valence-electron chi connectivity index (χ1n) is 10.7. The lowest BCUT2D eigenvalue weighted by molar-refractivity contribution is -0.108. The van der Waals surface area contributed by atoms with Gasteiger partial charge in [-0.05, 0) is 58.4 Å². The Labute approximate surface area is 189 Å². The van der Waals surface area contributed by atoms with Crippen LogP contribution in [0.2, 0.25) is 0 Å². The Hall–Kier alpha value is -2.90. The van der Waals surface area contributed by atoms with E-state index in [4.69, 9.17) is 0 Å². The number of anilines is 1. The quantitative estimate of drug-likeness (QED) is 0.361. The van der Waals surface area contributed by atoms with Gasteiger partial charge in [0.15, 0.2) is 0 Å². The number of rotatable bonds is 7. The summed E-state index contributed by atoms with van der Waals surface area (Å²) in [5, 5.41) is 3.19. The molecule has 0 aliphatic carbocycles. The van der Waals surface area contributed by atoms with Crippen molar-refractivity contribution in [1.82, 2.24) is 5.32 Å². The van der Waals surface area contributed by atoms with Gasteiger partial charge in [-0.2, -0.15) is 0 Å². The highest BCUT2D eigenvalue weighted by atomic mass is 16.1. The molecule has 1 aromatic carbocycles. The van der Waals surface area contributed by atoms with Crippen molar-refractivity contribution in [3.63, 3.8) is 0 Å². The topological polar surface area (TPSA) is 49.4 Å². The summed E-state index contributed by atoms with van der Waals surface area (Å²) in [5.41, 5.74) is 4.05. The maximum Gasteiger partial charge on any atom is 0.214 e. The highest BCUT2D eigenvalue weighted by Crippen LogP contribution is 2.22. The van der Waals surface area contributed by atoms with Crippen LogP contribution < -0.4 is 10.2 Å². The van der Waals surface area contributed by atoms with Crippen molar-refractivity contribution in [3.05, 3.63) is 65.8 Å². The van der Waals surface area contributed by atoms with Crippen LogP contribution >= 0.6 is 0 Å². The molecule has 0 fully saturated rings. The van der Waals surface area contributed by atoms with Gasteiger partial charge in [0.1, 0.15) is 6.29 Å². The minimum Gasteiger partial charge on any atom is -0.315 e. The lowest BCUT2D eigenvalue weighted by Crippen LogP contribution is -2.34. The number of amides is 1. The summed E-state index contributed by atoms with van der Waals surface area (Å²) in [6.07, 6.45) is 10.2. The monoisotopic (exact) mass is 422 g/mol. The number of carbonyl (C=O) groups excluding carboxylic acids is 2. The molecule has 1 N–H and O–H groups in total. The number of aldehydes is 1. The van der Waals surface area contributed by atoms with Crippen LogP contribution in [-0.4, -0.2) is 31.8 Å². The molecule has 4 heteroatoms. The molecule has 0 radical (unpaired) electrons. The molecule has 1 aliphatic rings. The average molecular weight is 423 g/mol. The summed E-state index contributed by atoms with van der Waals surface area (Å²) in [7, 11) is 1.99. The maximum atomic E-state index is 11.3. The molecule has 1 amide bonds. The second kappa shape index (κ2) is 15.9. The van der Waals surface area contributed by atoms with Crippen LogP contribution in [-0.2, 0) is 9.59 Å². The summed E-state index contributed by atoms with van der Waals surface area (Å²) in [5.74, 6) is 6.26. The maximum absolute atomic E-state index is 11.3. The zero-order chi connectivity index (χ0) is 23.7. The normalized spacial score (nSPS) is 15.0. The minimum absolute atomic E-state index is 0.333. The van der Waals surface area contributed by atoms with Gasteiger partial charge in [0.2, 0.25) is 6.41 Å². The van der Waals surface area contributed by atoms with E-state index < -0.39 is 0 Å². The second-order valence-corrected chi connectivity index (χ2v) is 7.69. The van der Waals surface area contributed by atoms with Gasteiger partial charge in [-0.25, -0.2) is 0 Å². The summed E-state index contributed by atoms with van der Waals surface area (Å²) in [6.45, 7) is 14.7. The van der Waals surface area contributed by atoms with Crippen LogP contribution in [0.1, 0.15) is 59.4 Å². The third kappa shape index (κ3) is 11.2. The number of hydrogen-bond donors (Lipinski definition) is 1. The predicted octanol–water partition coefficient (Wildman–Crippen LogP) is 5.45. The van der Waals surface area contributed by atoms with Gasteiger partial charge in [0.05, 0.1) is 12.2 Å². The lowest BCUT2D eigenvalue weighted by Gasteiger charge is -2.21. The number of unbranched alkanes of at least 4 members (excludes halogenated alkanes) is 1. The zero-order valence-corrected chi connectivity index (χ0v) is 20.0. The fraction of sp³-hybridized carbons (Fsp3) is 0.407. The SMILES string of the molecule is C=C/C=C\C1=C(/C)C#Cc2ccccc2N(C=O)C1.CCC(C)(C)NC.CCCC=O. The number of nitrogens with one attached hydrogen (secondary N) is 1. The van der Waals surface area contributed by atoms with Crippen LogP contribution in [0.5, 0.6) is 0 Å². The van der Waals surface area contributed by atoms with Gasteiger partial charge >= 0.3 is 0 Å². The summed E-state index contributed by atoms with van der Waals surface area (Å²) in [6, 6.07) is 7.68. The van der Waals surface area contributed by atoms with E-state index >= 15 is 0 Å². The summed E-state index contributed by atoms with van der Waals surface area (Å²) >= 11 is 0. The molecule has 1 heterocycles. The Morgan fingerprint density at radius 2 is 1.87 bits per heavy atom. The van der Waals surface area contributed by atoms with Crippen LogP contribution in [0.15, 0.2) is 60.2 Å². The number of carbonyl (C=O) groups is 2. The molecule has 0 spiro atoms. The third-order valence-corrected chi connectivity index (χ3v) is 4.95. The van der Waals surface area contributed by atoms with E-state index in [-0.39, 0.29) is 0 Å². The van der Waals surface area contributed by atoms with Crippen molar-refractivity contribution in [2.75, 3.05) is 18.5 Å². The molecular weight excluding hydrogens is 384 g/mol. The highest BCUT2D eigenvalue weighted by Gasteiger charge is 2.13. The Morgan fingerprint density at radius 1 is 1.19 bits per heavy atom. The largest absolute Gasteiger partial charge is 0.315 e. The molecule has 0 bridgehead atoms. The molecule has 1 aliphatic heterocycles. The minimum atomic E-state index is 0.333. The van der Waals surface area contributed by atoms with Gasteiger partial charge in [0.25, 0.3) is 0 Å². The summed E-state index contributed by atoms with van der Waals surface area (Å²) in [4.78, 5) is 22.4. The predicted molar refractivity (Wildman–Crippen MR) is 133 cm³/mol. The van der Waals surface area contributed by atoms with Crippen LogP contribution in [0.3, 0.4) is 0 Å². The van der Waals surface area contributed by atoms with E-state index in [1.165, 1.54) is 6.42 Å². The fourth-order valence-corrected chi connectivity index (χ4v) is 2.21. The van der Waals surface area contributed by atoms with Crippen LogP contribution in [0.25, 0.3) is 0 Å². The smallest absolute Gasteiger partial charge is 0.214 e. The number of allylic oxidation sites excluding steroid dienone is 3. The van der Waals surface area contributed by atoms with Gasteiger partial charge in [-0.15, -0.1) is 0 Å². The molecule has 4 nitrogen and oxygen atoms in total. The van der Waals surface area contributed by atoms with E-state index in [9.17, 15) is 9.59 Å². The van der Waals surface area contributed by atoms with Gasteiger partial charge < -0.3 is 15.0 Å². The van der Waals surface area contributed by atoms with Crippen molar-refractivity contribution in [1.29, 1.82) is 0 Å². The molecule has 0 saturated carbocycles. The van der Waals surface area contributed by atoms with E-state index in [0.717, 1.165) is 41.5 Å². The fourth-order valence-electron chi connectivity index (χ4n) is 2.21. The Balaban J connectivity index is 0.000000621. The lowest BCUT2D eigenvalue weighted by atomic mass is 10.0. The Kier molecular flexibility index (Phi) is 14.4. The first-order valence-corrected chi connectivity index (χ1v) is 10.7. The number of hydrogen-bond acceptors (Lipinski definition) is 3. The molecule has 2 rings (SSSR count). The molecule has 0 saturated heterocycles. The van der Waals surface area contributed by atoms with Crippen molar-refractivity contribution < 1.29 is 9.59 Å². The van der Waals surface area contributed by atoms with Gasteiger partial charge in [0, 0.05) is 23.1 Å². The first-order chi connectivity index (χ1) is 14.8. The van der Waals surface area contributed by atoms with E-state index in [1.807, 2.05) is 57.3 Å². The Morgan fingerprint density at radius 3 is 2.32 bits per heavy atom. The number of benzene rings is 1. The van der Waals surface area contributed by atoms with Gasteiger partial charge in [-0.3, -0.25) is 4.79 Å². The van der Waals surface area contributed by atoms with Crippen LogP contribution in [0.4, 0.5) is 5.69 Å². The highest BCUT2D eigenvalue weighted by molar-refractivity contribution is 5.80. The van der Waals surface area contributed by atoms with Crippen molar-refractivity contribution >= 4 is 18.4 Å². The average Bonchev–Trinajstić information content (AvgIpc) is 2.78. The summed E-state index contributed by atoms with van der Waals surface area (Å²) < 4.78 is 0. The number of nitrogens with zero attached hydrogens (tertiary/aromatic N) is 1. The van der Waals surface area contributed by atoms with Gasteiger partial charge in [-0.1, -0.05) is 62.6 Å². The first kappa shape index (κ1) is 28.1. The van der Waals surface area contributed by atoms with E-state index in [2.05, 4.69) is 44.5 Å². The van der Waals surface area contributed by atoms with Crippen molar-refractivity contribution in [2.45, 2.75) is 59.4 Å². The number of fused-ring (bicyclic) bond motifs is 1. The molecule has 31 heavy (non-hydrogen) atoms. The van der Waals surface area contributed by atoms with Crippen molar-refractivity contribution in [3.8, 4) is 11.8 Å². The number of para-hydroxylation sites is 1. The van der Waals surface area contributed by atoms with E-state index in [0.29, 0.717) is 18.5 Å².